The number of carbonyl (C=O) groups excluding carboxylic acids is 1. The molecule has 1 atom stereocenters. The standard InChI is InChI=1S/C14H19FN2O3/c1-4-17(10(3)7-13(18)19)14(20)16-11-6-5-9(2)12(15)8-11/h5-6,8,10H,4,7H2,1-3H3,(H,16,20)(H,18,19). The molecule has 0 spiro atoms. The molecule has 0 heterocycles. The maximum atomic E-state index is 13.4. The third-order valence-corrected chi connectivity index (χ3v) is 3.03. The Kier molecular flexibility index (Phi) is 5.49. The van der Waals surface area contributed by atoms with E-state index in [1.54, 1.807) is 32.9 Å². The molecule has 1 rings (SSSR count). The van der Waals surface area contributed by atoms with E-state index in [4.69, 9.17) is 5.11 Å². The van der Waals surface area contributed by atoms with Gasteiger partial charge < -0.3 is 15.3 Å². The number of urea groups is 1. The Balaban J connectivity index is 2.76. The number of hydrogen-bond donors (Lipinski definition) is 2. The number of carboxylic acids is 1. The van der Waals surface area contributed by atoms with E-state index in [-0.39, 0.29) is 6.42 Å². The minimum Gasteiger partial charge on any atom is -0.481 e. The van der Waals surface area contributed by atoms with Crippen molar-refractivity contribution in [3.05, 3.63) is 29.6 Å². The fraction of sp³-hybridized carbons (Fsp3) is 0.429. The molecule has 0 aromatic heterocycles. The van der Waals surface area contributed by atoms with Gasteiger partial charge in [0.25, 0.3) is 0 Å². The number of aryl methyl sites for hydroxylation is 1. The lowest BCUT2D eigenvalue weighted by Crippen LogP contribution is -2.42. The number of rotatable bonds is 5. The average Bonchev–Trinajstić information content (AvgIpc) is 2.33. The molecule has 0 radical (unpaired) electrons. The van der Waals surface area contributed by atoms with Crippen LogP contribution in [-0.2, 0) is 4.79 Å². The highest BCUT2D eigenvalue weighted by Crippen LogP contribution is 2.15. The summed E-state index contributed by atoms with van der Waals surface area (Å²) < 4.78 is 13.4. The molecule has 0 aliphatic heterocycles. The van der Waals surface area contributed by atoms with Crippen LogP contribution in [0.3, 0.4) is 0 Å². The molecule has 0 saturated carbocycles. The molecule has 110 valence electrons. The molecule has 5 nitrogen and oxygen atoms in total. The zero-order chi connectivity index (χ0) is 15.3. The summed E-state index contributed by atoms with van der Waals surface area (Å²) in [6, 6.07) is 3.54. The fourth-order valence-electron chi connectivity index (χ4n) is 1.88. The molecule has 1 aromatic carbocycles. The number of carboxylic acid groups (broad SMARTS) is 1. The lowest BCUT2D eigenvalue weighted by atomic mass is 10.2. The predicted octanol–water partition coefficient (Wildman–Crippen LogP) is 2.85. The predicted molar refractivity (Wildman–Crippen MR) is 74.3 cm³/mol. The number of anilines is 1. The van der Waals surface area contributed by atoms with Gasteiger partial charge in [0.05, 0.1) is 6.42 Å². The fourth-order valence-corrected chi connectivity index (χ4v) is 1.88. The minimum absolute atomic E-state index is 0.135. The molecule has 2 amide bonds. The Morgan fingerprint density at radius 2 is 2.10 bits per heavy atom. The van der Waals surface area contributed by atoms with Crippen molar-refractivity contribution in [1.29, 1.82) is 0 Å². The van der Waals surface area contributed by atoms with Crippen molar-refractivity contribution >= 4 is 17.7 Å². The number of halogens is 1. The van der Waals surface area contributed by atoms with Gasteiger partial charge in [-0.05, 0) is 38.5 Å². The first-order valence-electron chi connectivity index (χ1n) is 6.40. The maximum absolute atomic E-state index is 13.4. The second kappa shape index (κ2) is 6.88. The Morgan fingerprint density at radius 1 is 1.45 bits per heavy atom. The van der Waals surface area contributed by atoms with Gasteiger partial charge in [-0.1, -0.05) is 6.07 Å². The molecule has 0 saturated heterocycles. The number of hydrogen-bond acceptors (Lipinski definition) is 2. The van der Waals surface area contributed by atoms with Crippen molar-refractivity contribution < 1.29 is 19.1 Å². The van der Waals surface area contributed by atoms with E-state index in [9.17, 15) is 14.0 Å². The van der Waals surface area contributed by atoms with E-state index >= 15 is 0 Å². The molecule has 0 aliphatic carbocycles. The van der Waals surface area contributed by atoms with Crippen LogP contribution in [0.4, 0.5) is 14.9 Å². The van der Waals surface area contributed by atoms with Crippen molar-refractivity contribution in [2.75, 3.05) is 11.9 Å². The molecule has 1 aromatic rings. The van der Waals surface area contributed by atoms with Gasteiger partial charge in [0.15, 0.2) is 0 Å². The average molecular weight is 282 g/mol. The van der Waals surface area contributed by atoms with Crippen molar-refractivity contribution in [2.24, 2.45) is 0 Å². The van der Waals surface area contributed by atoms with Gasteiger partial charge in [0, 0.05) is 18.3 Å². The highest BCUT2D eigenvalue weighted by molar-refractivity contribution is 5.89. The lowest BCUT2D eigenvalue weighted by Gasteiger charge is -2.27. The molecule has 0 fully saturated rings. The summed E-state index contributed by atoms with van der Waals surface area (Å²) in [5.74, 6) is -1.37. The van der Waals surface area contributed by atoms with E-state index in [0.29, 0.717) is 17.8 Å². The third-order valence-electron chi connectivity index (χ3n) is 3.03. The number of nitrogens with one attached hydrogen (secondary N) is 1. The second-order valence-corrected chi connectivity index (χ2v) is 4.63. The Bertz CT molecular complexity index is 505. The molecular weight excluding hydrogens is 263 g/mol. The first-order valence-corrected chi connectivity index (χ1v) is 6.40. The summed E-state index contributed by atoms with van der Waals surface area (Å²) in [5.41, 5.74) is 0.841. The number of amides is 2. The summed E-state index contributed by atoms with van der Waals surface area (Å²) >= 11 is 0. The van der Waals surface area contributed by atoms with Crippen LogP contribution in [0.2, 0.25) is 0 Å². The minimum atomic E-state index is -0.967. The molecule has 0 bridgehead atoms. The van der Waals surface area contributed by atoms with Gasteiger partial charge in [-0.15, -0.1) is 0 Å². The van der Waals surface area contributed by atoms with E-state index in [0.717, 1.165) is 0 Å². The zero-order valence-corrected chi connectivity index (χ0v) is 11.8. The van der Waals surface area contributed by atoms with E-state index in [1.165, 1.54) is 11.0 Å². The van der Waals surface area contributed by atoms with Crippen LogP contribution in [-0.4, -0.2) is 34.6 Å². The van der Waals surface area contributed by atoms with Gasteiger partial charge in [-0.2, -0.15) is 0 Å². The lowest BCUT2D eigenvalue weighted by molar-refractivity contribution is -0.137. The van der Waals surface area contributed by atoms with Crippen LogP contribution < -0.4 is 5.32 Å². The number of aliphatic carboxylic acids is 1. The normalized spacial score (nSPS) is 11.8. The SMILES string of the molecule is CCN(C(=O)Nc1ccc(C)c(F)c1)C(C)CC(=O)O. The summed E-state index contributed by atoms with van der Waals surface area (Å²) in [4.78, 5) is 24.1. The highest BCUT2D eigenvalue weighted by atomic mass is 19.1. The molecule has 0 aliphatic rings. The highest BCUT2D eigenvalue weighted by Gasteiger charge is 2.20. The van der Waals surface area contributed by atoms with Gasteiger partial charge in [-0.25, -0.2) is 9.18 Å². The van der Waals surface area contributed by atoms with Crippen LogP contribution in [0.1, 0.15) is 25.8 Å². The van der Waals surface area contributed by atoms with Gasteiger partial charge in [0.2, 0.25) is 0 Å². The van der Waals surface area contributed by atoms with Gasteiger partial charge in [-0.3, -0.25) is 4.79 Å². The quantitative estimate of drug-likeness (QED) is 0.872. The van der Waals surface area contributed by atoms with Crippen LogP contribution in [0.15, 0.2) is 18.2 Å². The molecule has 6 heteroatoms. The molecular formula is C14H19FN2O3. The zero-order valence-electron chi connectivity index (χ0n) is 11.8. The Labute approximate surface area is 117 Å². The molecule has 20 heavy (non-hydrogen) atoms. The van der Waals surface area contributed by atoms with Crippen molar-refractivity contribution in [2.45, 2.75) is 33.2 Å². The summed E-state index contributed by atoms with van der Waals surface area (Å²) in [6.07, 6.45) is -0.135. The Hall–Kier alpha value is -2.11. The largest absolute Gasteiger partial charge is 0.481 e. The summed E-state index contributed by atoms with van der Waals surface area (Å²) in [5, 5.41) is 11.3. The van der Waals surface area contributed by atoms with Gasteiger partial charge in [0.1, 0.15) is 5.82 Å². The van der Waals surface area contributed by atoms with Crippen molar-refractivity contribution in [3.8, 4) is 0 Å². The van der Waals surface area contributed by atoms with Crippen LogP contribution in [0, 0.1) is 12.7 Å². The van der Waals surface area contributed by atoms with Crippen molar-refractivity contribution in [3.63, 3.8) is 0 Å². The smallest absolute Gasteiger partial charge is 0.322 e. The first-order chi connectivity index (χ1) is 9.35. The maximum Gasteiger partial charge on any atom is 0.322 e. The number of benzene rings is 1. The van der Waals surface area contributed by atoms with Gasteiger partial charge >= 0.3 is 12.0 Å². The summed E-state index contributed by atoms with van der Waals surface area (Å²) in [7, 11) is 0. The van der Waals surface area contributed by atoms with E-state index < -0.39 is 23.9 Å². The first kappa shape index (κ1) is 15.9. The monoisotopic (exact) mass is 282 g/mol. The Morgan fingerprint density at radius 3 is 2.60 bits per heavy atom. The van der Waals surface area contributed by atoms with Crippen LogP contribution in [0.5, 0.6) is 0 Å². The number of carbonyl (C=O) groups is 2. The molecule has 1 unspecified atom stereocenters. The van der Waals surface area contributed by atoms with Crippen LogP contribution >= 0.6 is 0 Å². The third kappa shape index (κ3) is 4.22. The number of nitrogens with zero attached hydrogens (tertiary/aromatic N) is 1. The van der Waals surface area contributed by atoms with Crippen molar-refractivity contribution in [1.82, 2.24) is 4.90 Å². The van der Waals surface area contributed by atoms with Crippen LogP contribution in [0.25, 0.3) is 0 Å². The van der Waals surface area contributed by atoms with E-state index in [1.807, 2.05) is 0 Å². The topological polar surface area (TPSA) is 69.6 Å². The second-order valence-electron chi connectivity index (χ2n) is 4.63. The molecule has 2 N–H and O–H groups in total. The summed E-state index contributed by atoms with van der Waals surface area (Å²) in [6.45, 7) is 5.42. The van der Waals surface area contributed by atoms with E-state index in [2.05, 4.69) is 5.32 Å².